The van der Waals surface area contributed by atoms with Gasteiger partial charge in [-0.1, -0.05) is 60.7 Å². The molecule has 0 spiro atoms. The molecule has 0 aliphatic heterocycles. The number of halogens is 25. The molecule has 0 aliphatic carbocycles. The highest BCUT2D eigenvalue weighted by molar-refractivity contribution is 7.20. The second kappa shape index (κ2) is 19.5. The topological polar surface area (TPSA) is 33.8 Å². The van der Waals surface area contributed by atoms with Gasteiger partial charge < -0.3 is 0 Å². The fourth-order valence-electron chi connectivity index (χ4n) is 7.46. The molecule has 0 bridgehead atoms. The standard InChI is InChI=1S/C32H12BF24.C12H10FN2O/c34-25(35,36)13-1-14(26(37,38)39)6-21(5-13)33(22-7-15(27(40,41)42)2-16(8-22)28(43,44)45,23-9-17(29(46,47)48)3-18(10-23)30(49,50)51)24-11-19(31(52,53)54)4-20(12-24)32(55,56)57;13-11-4-2-1-3-10(11)12(16)9-15-7-5-14-6-8-15/h1-12H;1-8H,9H2/q-1;+1. The maximum atomic E-state index is 14.2. The van der Waals surface area contributed by atoms with Crippen LogP contribution in [0.3, 0.4) is 0 Å². The predicted molar refractivity (Wildman–Crippen MR) is 205 cm³/mol. The molecule has 5 aromatic carbocycles. The van der Waals surface area contributed by atoms with Crippen LogP contribution in [0.5, 0.6) is 0 Å². The van der Waals surface area contributed by atoms with E-state index in [1.165, 1.54) is 12.1 Å². The molecule has 0 N–H and O–H groups in total. The number of hydrogen-bond donors (Lipinski definition) is 0. The molecule has 0 aliphatic rings. The number of aromatic nitrogens is 2. The van der Waals surface area contributed by atoms with E-state index in [9.17, 15) is 115 Å². The zero-order chi connectivity index (χ0) is 55.3. The van der Waals surface area contributed by atoms with E-state index in [1.54, 1.807) is 41.5 Å². The van der Waals surface area contributed by atoms with Gasteiger partial charge in [-0.2, -0.15) is 132 Å². The van der Waals surface area contributed by atoms with Crippen LogP contribution in [0.1, 0.15) is 54.9 Å². The summed E-state index contributed by atoms with van der Waals surface area (Å²) in [5.41, 5.74) is -30.1. The molecule has 392 valence electrons. The van der Waals surface area contributed by atoms with Crippen LogP contribution in [0.4, 0.5) is 110 Å². The molecule has 29 heteroatoms. The third kappa shape index (κ3) is 13.2. The average Bonchev–Trinajstić information content (AvgIpc) is 3.24. The molecule has 0 saturated heterocycles. The molecule has 0 radical (unpaired) electrons. The van der Waals surface area contributed by atoms with E-state index < -0.39 is 201 Å². The second-order valence-corrected chi connectivity index (χ2v) is 15.5. The van der Waals surface area contributed by atoms with E-state index in [1.807, 2.05) is 0 Å². The van der Waals surface area contributed by atoms with Crippen molar-refractivity contribution in [1.29, 1.82) is 0 Å². The zero-order valence-corrected chi connectivity index (χ0v) is 35.1. The molecule has 1 aromatic heterocycles. The van der Waals surface area contributed by atoms with Gasteiger partial charge in [0, 0.05) is 0 Å². The summed E-state index contributed by atoms with van der Waals surface area (Å²) in [4.78, 5) is 15.6. The molecular formula is C44H22BF25N2O. The number of rotatable bonds is 7. The number of benzene rings is 5. The number of ketones is 1. The fraction of sp³-hybridized carbons (Fsp3) is 0.205. The Hall–Kier alpha value is -6.84. The summed E-state index contributed by atoms with van der Waals surface area (Å²) in [6, 6.07) is -2.84. The number of Topliss-reactive ketones (excluding diaryl/α,β-unsaturated/α-hetero) is 1. The van der Waals surface area contributed by atoms with Crippen molar-refractivity contribution in [3.63, 3.8) is 0 Å². The van der Waals surface area contributed by atoms with Gasteiger partial charge in [0.05, 0.1) is 62.5 Å². The Morgan fingerprint density at radius 1 is 0.384 bits per heavy atom. The lowest BCUT2D eigenvalue weighted by molar-refractivity contribution is -0.683. The van der Waals surface area contributed by atoms with Gasteiger partial charge in [-0.3, -0.25) is 9.78 Å². The second-order valence-electron chi connectivity index (χ2n) is 15.5. The van der Waals surface area contributed by atoms with Crippen LogP contribution in [0.15, 0.2) is 122 Å². The van der Waals surface area contributed by atoms with Gasteiger partial charge in [0.1, 0.15) is 12.0 Å². The molecule has 1 heterocycles. The highest BCUT2D eigenvalue weighted by atomic mass is 19.4. The largest absolute Gasteiger partial charge is 0.416 e. The maximum Gasteiger partial charge on any atom is 0.416 e. The first-order chi connectivity index (χ1) is 33.0. The minimum Gasteiger partial charge on any atom is -0.287 e. The van der Waals surface area contributed by atoms with Crippen molar-refractivity contribution < 1.29 is 119 Å². The maximum absolute atomic E-state index is 14.2. The monoisotopic (exact) mass is 1080 g/mol. The molecule has 6 aromatic rings. The van der Waals surface area contributed by atoms with Gasteiger partial charge in [0.15, 0.2) is 12.4 Å². The number of carbonyl (C=O) groups excluding carboxylic acids is 1. The number of nitrogens with zero attached hydrogens (tertiary/aromatic N) is 2. The Balaban J connectivity index is 0.000000520. The lowest BCUT2D eigenvalue weighted by Crippen LogP contribution is -2.75. The van der Waals surface area contributed by atoms with Crippen LogP contribution >= 0.6 is 0 Å². The third-order valence-electron chi connectivity index (χ3n) is 10.6. The molecule has 0 atom stereocenters. The van der Waals surface area contributed by atoms with Crippen LogP contribution in [0.2, 0.25) is 0 Å². The lowest BCUT2D eigenvalue weighted by Gasteiger charge is -2.46. The summed E-state index contributed by atoms with van der Waals surface area (Å²) in [6.07, 6.45) is -48.3. The van der Waals surface area contributed by atoms with Crippen molar-refractivity contribution in [2.24, 2.45) is 0 Å². The third-order valence-corrected chi connectivity index (χ3v) is 10.6. The highest BCUT2D eigenvalue weighted by Crippen LogP contribution is 2.41. The van der Waals surface area contributed by atoms with Gasteiger partial charge in [-0.05, 0) is 36.4 Å². The van der Waals surface area contributed by atoms with Crippen molar-refractivity contribution in [2.75, 3.05) is 0 Å². The van der Waals surface area contributed by atoms with Crippen molar-refractivity contribution >= 4 is 33.8 Å². The summed E-state index contributed by atoms with van der Waals surface area (Å²) in [6.45, 7) is 0.115. The van der Waals surface area contributed by atoms with Gasteiger partial charge in [-0.15, -0.1) is 0 Å². The van der Waals surface area contributed by atoms with Gasteiger partial charge >= 0.3 is 49.4 Å². The van der Waals surface area contributed by atoms with E-state index in [4.69, 9.17) is 0 Å². The van der Waals surface area contributed by atoms with Crippen molar-refractivity contribution in [1.82, 2.24) is 4.98 Å². The summed E-state index contributed by atoms with van der Waals surface area (Å²) in [7, 11) is 0. The molecule has 0 fully saturated rings. The fourth-order valence-corrected chi connectivity index (χ4v) is 7.46. The Kier molecular flexibility index (Phi) is 15.3. The molecule has 6 rings (SSSR count). The van der Waals surface area contributed by atoms with Gasteiger partial charge in [0.25, 0.3) is 0 Å². The van der Waals surface area contributed by atoms with Crippen molar-refractivity contribution in [3.05, 3.63) is 178 Å². The summed E-state index contributed by atoms with van der Waals surface area (Å²) >= 11 is 0. The quantitative estimate of drug-likeness (QED) is 0.0691. The van der Waals surface area contributed by atoms with Crippen molar-refractivity contribution in [3.8, 4) is 0 Å². The van der Waals surface area contributed by atoms with Crippen LogP contribution in [0.25, 0.3) is 0 Å². The summed E-state index contributed by atoms with van der Waals surface area (Å²) in [5, 5.41) is 0. The van der Waals surface area contributed by atoms with Crippen LogP contribution < -0.4 is 26.4 Å². The smallest absolute Gasteiger partial charge is 0.287 e. The minimum atomic E-state index is -6.13. The normalized spacial score (nSPS) is 13.4. The SMILES string of the molecule is FC(F)(F)c1cc([B-](c2cc(C(F)(F)F)cc(C(F)(F)F)c2)(c2cc(C(F)(F)F)cc(C(F)(F)F)c2)c2cc(C(F)(F)F)cc(C(F)(F)F)c2)cc(C(F)(F)F)c1.O=C(C[n+]1ccncc1)c1ccccc1F. The van der Waals surface area contributed by atoms with Gasteiger partial charge in [0.2, 0.25) is 12.3 Å². The predicted octanol–water partition coefficient (Wildman–Crippen LogP) is 12.6. The number of alkyl halides is 24. The molecular weight excluding hydrogens is 1060 g/mol. The van der Waals surface area contributed by atoms with E-state index in [0.717, 1.165) is 0 Å². The molecule has 3 nitrogen and oxygen atoms in total. The van der Waals surface area contributed by atoms with Crippen LogP contribution in [0, 0.1) is 5.82 Å². The number of carbonyl (C=O) groups is 1. The van der Waals surface area contributed by atoms with Crippen molar-refractivity contribution in [2.45, 2.75) is 56.0 Å². The summed E-state index contributed by atoms with van der Waals surface area (Å²) in [5.74, 6) is -0.739. The first-order valence-electron chi connectivity index (χ1n) is 19.5. The van der Waals surface area contributed by atoms with Crippen LogP contribution in [-0.4, -0.2) is 16.9 Å². The Bertz CT molecular complexity index is 2530. The molecule has 0 amide bonds. The van der Waals surface area contributed by atoms with E-state index >= 15 is 0 Å². The number of hydrogen-bond acceptors (Lipinski definition) is 2. The first-order valence-corrected chi connectivity index (χ1v) is 19.5. The Morgan fingerprint density at radius 2 is 0.616 bits per heavy atom. The molecule has 0 unspecified atom stereocenters. The highest BCUT2D eigenvalue weighted by Gasteiger charge is 2.47. The van der Waals surface area contributed by atoms with E-state index in [0.29, 0.717) is 0 Å². The van der Waals surface area contributed by atoms with Gasteiger partial charge in [-0.25, -0.2) is 4.39 Å². The lowest BCUT2D eigenvalue weighted by atomic mass is 9.12. The van der Waals surface area contributed by atoms with E-state index in [2.05, 4.69) is 4.98 Å². The average molecular weight is 1080 g/mol. The Labute approximate surface area is 391 Å². The summed E-state index contributed by atoms with van der Waals surface area (Å²) < 4.78 is 356. The van der Waals surface area contributed by atoms with E-state index in [-0.39, 0.29) is 17.9 Å². The Morgan fingerprint density at radius 3 is 0.836 bits per heavy atom. The minimum absolute atomic E-state index is 0.115. The van der Waals surface area contributed by atoms with Crippen LogP contribution in [-0.2, 0) is 56.0 Å². The molecule has 73 heavy (non-hydrogen) atoms. The molecule has 0 saturated carbocycles. The zero-order valence-electron chi connectivity index (χ0n) is 35.1. The first kappa shape index (κ1) is 57.1.